The molecule has 1 aromatic heterocycles. The van der Waals surface area contributed by atoms with E-state index in [0.717, 1.165) is 37.6 Å². The molecule has 0 aliphatic carbocycles. The zero-order valence-electron chi connectivity index (χ0n) is 9.31. The van der Waals surface area contributed by atoms with Gasteiger partial charge in [-0.2, -0.15) is 0 Å². The molecule has 0 atom stereocenters. The van der Waals surface area contributed by atoms with Gasteiger partial charge in [-0.3, -0.25) is 0 Å². The number of aryl methyl sites for hydroxylation is 2. The Labute approximate surface area is 85.9 Å². The van der Waals surface area contributed by atoms with E-state index in [1.54, 1.807) is 0 Å². The molecule has 3 heteroatoms. The van der Waals surface area contributed by atoms with Crippen molar-refractivity contribution in [1.29, 1.82) is 0 Å². The number of furan rings is 1. The smallest absolute Gasteiger partial charge is 0.105 e. The number of nitrogens with one attached hydrogen (secondary N) is 2. The summed E-state index contributed by atoms with van der Waals surface area (Å²) in [6.07, 6.45) is 1.16. The Morgan fingerprint density at radius 1 is 1.29 bits per heavy atom. The SMILES string of the molecule is CNCCCNCc1cc(C)oc1C. The van der Waals surface area contributed by atoms with Crippen molar-refractivity contribution in [2.45, 2.75) is 26.8 Å². The van der Waals surface area contributed by atoms with Crippen LogP contribution in [0.25, 0.3) is 0 Å². The predicted molar refractivity (Wildman–Crippen MR) is 58.4 cm³/mol. The lowest BCUT2D eigenvalue weighted by molar-refractivity contribution is 0.498. The highest BCUT2D eigenvalue weighted by Crippen LogP contribution is 2.12. The van der Waals surface area contributed by atoms with Crippen molar-refractivity contribution in [3.8, 4) is 0 Å². The lowest BCUT2D eigenvalue weighted by Gasteiger charge is -2.02. The highest BCUT2D eigenvalue weighted by atomic mass is 16.3. The van der Waals surface area contributed by atoms with Crippen LogP contribution in [0.2, 0.25) is 0 Å². The van der Waals surface area contributed by atoms with Gasteiger partial charge in [0.2, 0.25) is 0 Å². The van der Waals surface area contributed by atoms with E-state index in [4.69, 9.17) is 4.42 Å². The highest BCUT2D eigenvalue weighted by molar-refractivity contribution is 5.19. The lowest BCUT2D eigenvalue weighted by Crippen LogP contribution is -2.19. The van der Waals surface area contributed by atoms with Crippen LogP contribution in [0, 0.1) is 13.8 Å². The largest absolute Gasteiger partial charge is 0.466 e. The molecule has 0 aliphatic heterocycles. The highest BCUT2D eigenvalue weighted by Gasteiger charge is 2.02. The van der Waals surface area contributed by atoms with E-state index in [9.17, 15) is 0 Å². The Morgan fingerprint density at radius 2 is 2.07 bits per heavy atom. The van der Waals surface area contributed by atoms with Gasteiger partial charge in [0.25, 0.3) is 0 Å². The molecule has 0 fully saturated rings. The molecule has 1 heterocycles. The van der Waals surface area contributed by atoms with E-state index in [1.807, 2.05) is 20.9 Å². The summed E-state index contributed by atoms with van der Waals surface area (Å²) in [6, 6.07) is 2.10. The third kappa shape index (κ3) is 3.52. The second-order valence-electron chi connectivity index (χ2n) is 3.57. The van der Waals surface area contributed by atoms with Crippen molar-refractivity contribution in [2.24, 2.45) is 0 Å². The Morgan fingerprint density at radius 3 is 2.64 bits per heavy atom. The summed E-state index contributed by atoms with van der Waals surface area (Å²) in [5.74, 6) is 2.03. The lowest BCUT2D eigenvalue weighted by atomic mass is 10.2. The molecular formula is C11H20N2O. The van der Waals surface area contributed by atoms with Gasteiger partial charge in [0.1, 0.15) is 11.5 Å². The topological polar surface area (TPSA) is 37.2 Å². The van der Waals surface area contributed by atoms with Crippen molar-refractivity contribution in [3.05, 3.63) is 23.2 Å². The first-order chi connectivity index (χ1) is 6.74. The minimum absolute atomic E-state index is 0.910. The second-order valence-corrected chi connectivity index (χ2v) is 3.57. The summed E-state index contributed by atoms with van der Waals surface area (Å²) in [5, 5.41) is 6.51. The summed E-state index contributed by atoms with van der Waals surface area (Å²) < 4.78 is 5.44. The minimum Gasteiger partial charge on any atom is -0.466 e. The molecule has 1 rings (SSSR count). The normalized spacial score (nSPS) is 10.8. The van der Waals surface area contributed by atoms with Crippen LogP contribution < -0.4 is 10.6 Å². The minimum atomic E-state index is 0.910. The average Bonchev–Trinajstić information content (AvgIpc) is 2.45. The fraction of sp³-hybridized carbons (Fsp3) is 0.636. The first-order valence-corrected chi connectivity index (χ1v) is 5.15. The van der Waals surface area contributed by atoms with Gasteiger partial charge in [-0.1, -0.05) is 0 Å². The molecule has 0 saturated heterocycles. The van der Waals surface area contributed by atoms with Crippen molar-refractivity contribution in [2.75, 3.05) is 20.1 Å². The molecule has 0 unspecified atom stereocenters. The third-order valence-corrected chi connectivity index (χ3v) is 2.24. The number of hydrogen-bond donors (Lipinski definition) is 2. The summed E-state index contributed by atoms with van der Waals surface area (Å²) in [5.41, 5.74) is 1.27. The van der Waals surface area contributed by atoms with Crippen molar-refractivity contribution >= 4 is 0 Å². The number of hydrogen-bond acceptors (Lipinski definition) is 3. The maximum Gasteiger partial charge on any atom is 0.105 e. The van der Waals surface area contributed by atoms with Gasteiger partial charge in [0, 0.05) is 12.1 Å². The average molecular weight is 196 g/mol. The molecule has 1 aromatic rings. The van der Waals surface area contributed by atoms with Crippen LogP contribution in [0.15, 0.2) is 10.5 Å². The van der Waals surface area contributed by atoms with Crippen molar-refractivity contribution in [1.82, 2.24) is 10.6 Å². The van der Waals surface area contributed by atoms with E-state index in [2.05, 4.69) is 16.7 Å². The molecule has 80 valence electrons. The first kappa shape index (κ1) is 11.3. The van der Waals surface area contributed by atoms with Gasteiger partial charge in [-0.25, -0.2) is 0 Å². The Bertz CT molecular complexity index is 268. The number of rotatable bonds is 6. The quantitative estimate of drug-likeness (QED) is 0.679. The summed E-state index contributed by atoms with van der Waals surface area (Å²) in [6.45, 7) is 7.02. The van der Waals surface area contributed by atoms with Gasteiger partial charge >= 0.3 is 0 Å². The molecule has 3 nitrogen and oxygen atoms in total. The van der Waals surface area contributed by atoms with E-state index in [1.165, 1.54) is 5.56 Å². The molecule has 0 amide bonds. The molecule has 14 heavy (non-hydrogen) atoms. The maximum atomic E-state index is 5.44. The predicted octanol–water partition coefficient (Wildman–Crippen LogP) is 1.60. The van der Waals surface area contributed by atoms with Crippen molar-refractivity contribution in [3.63, 3.8) is 0 Å². The zero-order valence-corrected chi connectivity index (χ0v) is 9.31. The van der Waals surface area contributed by atoms with E-state index >= 15 is 0 Å². The van der Waals surface area contributed by atoms with Crippen LogP contribution in [0.5, 0.6) is 0 Å². The van der Waals surface area contributed by atoms with Crippen molar-refractivity contribution < 1.29 is 4.42 Å². The summed E-state index contributed by atoms with van der Waals surface area (Å²) in [4.78, 5) is 0. The molecule has 0 spiro atoms. The van der Waals surface area contributed by atoms with Gasteiger partial charge in [0.15, 0.2) is 0 Å². The molecule has 0 bridgehead atoms. The van der Waals surface area contributed by atoms with Gasteiger partial charge in [-0.05, 0) is 46.5 Å². The van der Waals surface area contributed by atoms with E-state index in [-0.39, 0.29) is 0 Å². The molecule has 0 saturated carbocycles. The summed E-state index contributed by atoms with van der Waals surface area (Å²) in [7, 11) is 1.98. The molecule has 0 aromatic carbocycles. The first-order valence-electron chi connectivity index (χ1n) is 5.15. The van der Waals surface area contributed by atoms with Gasteiger partial charge in [0.05, 0.1) is 0 Å². The van der Waals surface area contributed by atoms with Gasteiger partial charge in [-0.15, -0.1) is 0 Å². The molecule has 0 radical (unpaired) electrons. The van der Waals surface area contributed by atoms with Crippen LogP contribution in [-0.2, 0) is 6.54 Å². The monoisotopic (exact) mass is 196 g/mol. The molecule has 0 aliphatic rings. The summed E-state index contributed by atoms with van der Waals surface area (Å²) >= 11 is 0. The molecular weight excluding hydrogens is 176 g/mol. The van der Waals surface area contributed by atoms with E-state index < -0.39 is 0 Å². The van der Waals surface area contributed by atoms with Crippen LogP contribution in [-0.4, -0.2) is 20.1 Å². The maximum absolute atomic E-state index is 5.44. The van der Waals surface area contributed by atoms with Gasteiger partial charge < -0.3 is 15.1 Å². The fourth-order valence-electron chi connectivity index (χ4n) is 1.47. The molecule has 2 N–H and O–H groups in total. The third-order valence-electron chi connectivity index (χ3n) is 2.24. The second kappa shape index (κ2) is 5.83. The Hall–Kier alpha value is -0.800. The Balaban J connectivity index is 2.21. The standard InChI is InChI=1S/C11H20N2O/c1-9-7-11(10(2)14-9)8-13-6-4-5-12-3/h7,12-13H,4-6,8H2,1-3H3. The Kier molecular flexibility index (Phi) is 4.70. The fourth-order valence-corrected chi connectivity index (χ4v) is 1.47. The zero-order chi connectivity index (χ0) is 10.4. The van der Waals surface area contributed by atoms with Crippen LogP contribution >= 0.6 is 0 Å². The van der Waals surface area contributed by atoms with Crippen LogP contribution in [0.1, 0.15) is 23.5 Å². The van der Waals surface area contributed by atoms with E-state index in [0.29, 0.717) is 0 Å². The van der Waals surface area contributed by atoms with Crippen LogP contribution in [0.4, 0.5) is 0 Å². The van der Waals surface area contributed by atoms with Crippen LogP contribution in [0.3, 0.4) is 0 Å².